The molecule has 1 aromatic carbocycles. The van der Waals surface area contributed by atoms with Crippen LogP contribution < -0.4 is 10.2 Å². The van der Waals surface area contributed by atoms with Crippen LogP contribution in [0.15, 0.2) is 36.4 Å². The molecule has 150 valence electrons. The number of nitrogens with zero attached hydrogens (tertiary/aromatic N) is 5. The summed E-state index contributed by atoms with van der Waals surface area (Å²) in [7, 11) is 0. The van der Waals surface area contributed by atoms with Crippen molar-refractivity contribution in [3.8, 4) is 0 Å². The monoisotopic (exact) mass is 410 g/mol. The first-order valence-electron chi connectivity index (χ1n) is 10.2. The summed E-state index contributed by atoms with van der Waals surface area (Å²) in [4.78, 5) is 14.7. The van der Waals surface area contributed by atoms with Crippen LogP contribution in [0.25, 0.3) is 5.65 Å². The van der Waals surface area contributed by atoms with E-state index in [1.807, 2.05) is 40.9 Å². The van der Waals surface area contributed by atoms with Gasteiger partial charge in [0.25, 0.3) is 0 Å². The number of fused-ring (bicyclic) bond motifs is 1. The number of piperidine rings is 1. The number of nitrogens with one attached hydrogen (secondary N) is 1. The zero-order valence-corrected chi connectivity index (χ0v) is 16.8. The summed E-state index contributed by atoms with van der Waals surface area (Å²) in [5.41, 5.74) is 1.72. The van der Waals surface area contributed by atoms with E-state index in [0.29, 0.717) is 17.4 Å². The molecule has 1 atom stereocenters. The van der Waals surface area contributed by atoms with Gasteiger partial charge in [-0.25, -0.2) is 0 Å². The van der Waals surface area contributed by atoms with Crippen LogP contribution >= 0.6 is 11.6 Å². The highest BCUT2D eigenvalue weighted by Gasteiger charge is 2.30. The molecule has 3 heterocycles. The minimum atomic E-state index is 0.0253. The molecule has 1 saturated heterocycles. The van der Waals surface area contributed by atoms with Gasteiger partial charge in [-0.1, -0.05) is 23.7 Å². The SMILES string of the molecule is O=C(Cc1cccc(Cl)c1)NC1CCCN(c2ccc3nnc(C4CC4)n3n2)C1. The highest BCUT2D eigenvalue weighted by atomic mass is 35.5. The van der Waals surface area contributed by atoms with Gasteiger partial charge in [0, 0.05) is 30.1 Å². The summed E-state index contributed by atoms with van der Waals surface area (Å²) in [6.07, 6.45) is 4.65. The summed E-state index contributed by atoms with van der Waals surface area (Å²) in [5.74, 6) is 2.39. The molecule has 1 saturated carbocycles. The van der Waals surface area contributed by atoms with Gasteiger partial charge in [0.05, 0.1) is 6.42 Å². The number of aromatic nitrogens is 4. The number of hydrogen-bond donors (Lipinski definition) is 1. The van der Waals surface area contributed by atoms with E-state index in [1.165, 1.54) is 0 Å². The predicted octanol–water partition coefficient (Wildman–Crippen LogP) is 2.98. The molecule has 1 aliphatic carbocycles. The molecule has 2 aliphatic rings. The van der Waals surface area contributed by atoms with Crippen LogP contribution in [-0.2, 0) is 11.2 Å². The van der Waals surface area contributed by atoms with Crippen molar-refractivity contribution in [1.82, 2.24) is 25.1 Å². The maximum atomic E-state index is 12.5. The van der Waals surface area contributed by atoms with Gasteiger partial charge in [0.2, 0.25) is 5.91 Å². The first kappa shape index (κ1) is 18.4. The van der Waals surface area contributed by atoms with E-state index in [-0.39, 0.29) is 11.9 Å². The number of amides is 1. The van der Waals surface area contributed by atoms with Crippen molar-refractivity contribution in [3.05, 3.63) is 52.8 Å². The number of carbonyl (C=O) groups excluding carboxylic acids is 1. The zero-order chi connectivity index (χ0) is 19.8. The van der Waals surface area contributed by atoms with Gasteiger partial charge in [0.15, 0.2) is 11.5 Å². The Morgan fingerprint density at radius 3 is 2.90 bits per heavy atom. The third-order valence-electron chi connectivity index (χ3n) is 5.58. The molecule has 7 nitrogen and oxygen atoms in total. The van der Waals surface area contributed by atoms with Crippen LogP contribution in [0.5, 0.6) is 0 Å². The third-order valence-corrected chi connectivity index (χ3v) is 5.81. The van der Waals surface area contributed by atoms with Crippen molar-refractivity contribution in [1.29, 1.82) is 0 Å². The number of rotatable bonds is 5. The summed E-state index contributed by atoms with van der Waals surface area (Å²) >= 11 is 6.02. The number of benzene rings is 1. The second-order valence-electron chi connectivity index (χ2n) is 7.95. The molecular weight excluding hydrogens is 388 g/mol. The molecule has 8 heteroatoms. The fourth-order valence-corrected chi connectivity index (χ4v) is 4.19. The molecule has 0 radical (unpaired) electrons. The van der Waals surface area contributed by atoms with E-state index in [0.717, 1.165) is 61.6 Å². The Kier molecular flexibility index (Phi) is 4.83. The lowest BCUT2D eigenvalue weighted by atomic mass is 10.0. The normalized spacial score (nSPS) is 19.5. The van der Waals surface area contributed by atoms with Crippen molar-refractivity contribution in [2.24, 2.45) is 0 Å². The average molecular weight is 411 g/mol. The molecule has 5 rings (SSSR count). The molecule has 29 heavy (non-hydrogen) atoms. The summed E-state index contributed by atoms with van der Waals surface area (Å²) in [6.45, 7) is 1.68. The third kappa shape index (κ3) is 4.05. The maximum absolute atomic E-state index is 12.5. The topological polar surface area (TPSA) is 75.4 Å². The number of carbonyl (C=O) groups is 1. The van der Waals surface area contributed by atoms with Crippen molar-refractivity contribution < 1.29 is 4.79 Å². The molecule has 2 fully saturated rings. The predicted molar refractivity (Wildman–Crippen MR) is 111 cm³/mol. The van der Waals surface area contributed by atoms with Gasteiger partial charge >= 0.3 is 0 Å². The Labute approximate surface area is 174 Å². The Bertz CT molecular complexity index is 1050. The fourth-order valence-electron chi connectivity index (χ4n) is 3.97. The van der Waals surface area contributed by atoms with Crippen molar-refractivity contribution in [2.45, 2.75) is 44.1 Å². The fraction of sp³-hybridized carbons (Fsp3) is 0.429. The van der Waals surface area contributed by atoms with Crippen LogP contribution in [0.3, 0.4) is 0 Å². The van der Waals surface area contributed by atoms with Crippen LogP contribution in [0.1, 0.15) is 43.0 Å². The molecule has 1 N–H and O–H groups in total. The lowest BCUT2D eigenvalue weighted by Crippen LogP contribution is -2.48. The molecular formula is C21H23ClN6O. The van der Waals surface area contributed by atoms with Crippen LogP contribution in [0.2, 0.25) is 5.02 Å². The van der Waals surface area contributed by atoms with Crippen LogP contribution in [-0.4, -0.2) is 44.8 Å². The van der Waals surface area contributed by atoms with E-state index < -0.39 is 0 Å². The molecule has 0 bridgehead atoms. The van der Waals surface area contributed by atoms with E-state index in [2.05, 4.69) is 20.4 Å². The standard InChI is InChI=1S/C21H23ClN6O/c22-16-4-1-3-14(11-16)12-20(29)23-17-5-2-10-27(13-17)19-9-8-18-24-25-21(15-6-7-15)28(18)26-19/h1,3-4,8-9,11,15,17H,2,5-7,10,12-13H2,(H,23,29). The van der Waals surface area contributed by atoms with Gasteiger partial charge in [-0.15, -0.1) is 15.3 Å². The van der Waals surface area contributed by atoms with Crippen molar-refractivity contribution in [3.63, 3.8) is 0 Å². The van der Waals surface area contributed by atoms with Crippen molar-refractivity contribution in [2.75, 3.05) is 18.0 Å². The molecule has 2 aromatic heterocycles. The molecule has 1 aliphatic heterocycles. The Morgan fingerprint density at radius 1 is 1.17 bits per heavy atom. The van der Waals surface area contributed by atoms with Crippen LogP contribution in [0, 0.1) is 0 Å². The molecule has 1 unspecified atom stereocenters. The minimum absolute atomic E-state index is 0.0253. The number of hydrogen-bond acceptors (Lipinski definition) is 5. The van der Waals surface area contributed by atoms with E-state index in [9.17, 15) is 4.79 Å². The van der Waals surface area contributed by atoms with Gasteiger partial charge in [0.1, 0.15) is 5.82 Å². The quantitative estimate of drug-likeness (QED) is 0.699. The van der Waals surface area contributed by atoms with E-state index in [1.54, 1.807) is 0 Å². The lowest BCUT2D eigenvalue weighted by molar-refractivity contribution is -0.121. The molecule has 1 amide bonds. The first-order valence-corrected chi connectivity index (χ1v) is 10.5. The Morgan fingerprint density at radius 2 is 2.07 bits per heavy atom. The van der Waals surface area contributed by atoms with Gasteiger partial charge in [-0.2, -0.15) is 4.52 Å². The van der Waals surface area contributed by atoms with Gasteiger partial charge in [-0.3, -0.25) is 4.79 Å². The first-order chi connectivity index (χ1) is 14.2. The maximum Gasteiger partial charge on any atom is 0.224 e. The molecule has 3 aromatic rings. The van der Waals surface area contributed by atoms with Crippen molar-refractivity contribution >= 4 is 29.0 Å². The van der Waals surface area contributed by atoms with E-state index in [4.69, 9.17) is 16.7 Å². The molecule has 0 spiro atoms. The Balaban J connectivity index is 1.26. The smallest absolute Gasteiger partial charge is 0.224 e. The van der Waals surface area contributed by atoms with Gasteiger partial charge < -0.3 is 10.2 Å². The van der Waals surface area contributed by atoms with E-state index >= 15 is 0 Å². The second kappa shape index (κ2) is 7.63. The lowest BCUT2D eigenvalue weighted by Gasteiger charge is -2.33. The summed E-state index contributed by atoms with van der Waals surface area (Å²) in [5, 5.41) is 17.2. The zero-order valence-electron chi connectivity index (χ0n) is 16.1. The number of anilines is 1. The average Bonchev–Trinajstić information content (AvgIpc) is 3.47. The second-order valence-corrected chi connectivity index (χ2v) is 8.39. The summed E-state index contributed by atoms with van der Waals surface area (Å²) < 4.78 is 1.88. The van der Waals surface area contributed by atoms with Crippen LogP contribution in [0.4, 0.5) is 5.82 Å². The largest absolute Gasteiger partial charge is 0.353 e. The highest BCUT2D eigenvalue weighted by Crippen LogP contribution is 2.38. The van der Waals surface area contributed by atoms with Gasteiger partial charge in [-0.05, 0) is 55.5 Å². The summed E-state index contributed by atoms with van der Waals surface area (Å²) in [6, 6.07) is 11.5. The highest BCUT2D eigenvalue weighted by molar-refractivity contribution is 6.30. The Hall–Kier alpha value is -2.67. The minimum Gasteiger partial charge on any atom is -0.353 e. The number of halogens is 1.